The van der Waals surface area contributed by atoms with Crippen molar-refractivity contribution in [1.82, 2.24) is 0 Å². The molecule has 0 saturated carbocycles. The predicted octanol–water partition coefficient (Wildman–Crippen LogP) is 2.64. The van der Waals surface area contributed by atoms with Crippen molar-refractivity contribution in [3.63, 3.8) is 0 Å². The molecule has 1 aliphatic carbocycles. The van der Waals surface area contributed by atoms with E-state index >= 15 is 0 Å². The number of hydrogen-bond donors (Lipinski definition) is 2. The molecule has 1 amide bonds. The van der Waals surface area contributed by atoms with E-state index in [0.717, 1.165) is 5.69 Å². The van der Waals surface area contributed by atoms with Gasteiger partial charge in [0.15, 0.2) is 0 Å². The summed E-state index contributed by atoms with van der Waals surface area (Å²) in [5, 5.41) is 12.1. The third kappa shape index (κ3) is 2.75. The molecule has 0 radical (unpaired) electrons. The van der Waals surface area contributed by atoms with Crippen LogP contribution in [0.3, 0.4) is 0 Å². The second-order valence-electron chi connectivity index (χ2n) is 4.92. The first-order valence-electron chi connectivity index (χ1n) is 6.57. The standard InChI is InChI=1S/C14H13N3O3Se/c18-13(8-4-1-2-5-9(8)14(19)20)15-10-6-3-7-11-12(10)17-21-16-11/h1-3,6-9H,4-5H2,(H,15,18)(H,19,20)/t8-,9+/m1/s1. The van der Waals surface area contributed by atoms with E-state index in [1.165, 1.54) is 0 Å². The molecule has 0 fully saturated rings. The van der Waals surface area contributed by atoms with Gasteiger partial charge in [-0.15, -0.1) is 0 Å². The van der Waals surface area contributed by atoms with Gasteiger partial charge in [0.1, 0.15) is 0 Å². The molecule has 1 aromatic carbocycles. The van der Waals surface area contributed by atoms with Gasteiger partial charge in [0.05, 0.1) is 0 Å². The van der Waals surface area contributed by atoms with Crippen molar-refractivity contribution >= 4 is 43.5 Å². The van der Waals surface area contributed by atoms with Gasteiger partial charge in [-0.05, 0) is 0 Å². The average molecular weight is 350 g/mol. The second kappa shape index (κ2) is 5.79. The summed E-state index contributed by atoms with van der Waals surface area (Å²) in [4.78, 5) is 23.7. The Bertz CT molecular complexity index is 707. The SMILES string of the molecule is O=C(O)[C@H]1CC=CC[C@H]1C(=O)Nc1cccc2c1N=[Se]=N2. The van der Waals surface area contributed by atoms with Crippen molar-refractivity contribution in [3.05, 3.63) is 30.4 Å². The van der Waals surface area contributed by atoms with E-state index in [2.05, 4.69) is 13.2 Å². The van der Waals surface area contributed by atoms with Gasteiger partial charge in [-0.2, -0.15) is 0 Å². The van der Waals surface area contributed by atoms with Crippen LogP contribution in [-0.4, -0.2) is 31.6 Å². The van der Waals surface area contributed by atoms with E-state index < -0.39 is 17.8 Å². The molecular formula is C14H13N3O3Se. The van der Waals surface area contributed by atoms with E-state index in [9.17, 15) is 14.7 Å². The maximum absolute atomic E-state index is 12.4. The van der Waals surface area contributed by atoms with Crippen LogP contribution >= 0.6 is 0 Å². The molecule has 0 unspecified atom stereocenters. The summed E-state index contributed by atoms with van der Waals surface area (Å²) in [6.07, 6.45) is 4.52. The van der Waals surface area contributed by atoms with Crippen molar-refractivity contribution < 1.29 is 14.7 Å². The van der Waals surface area contributed by atoms with Crippen LogP contribution in [0.5, 0.6) is 0 Å². The number of amides is 1. The molecule has 108 valence electrons. The zero-order chi connectivity index (χ0) is 14.8. The maximum atomic E-state index is 12.4. The van der Waals surface area contributed by atoms with Crippen molar-refractivity contribution in [1.29, 1.82) is 0 Å². The predicted molar refractivity (Wildman–Crippen MR) is 78.0 cm³/mol. The van der Waals surface area contributed by atoms with Gasteiger partial charge in [-0.25, -0.2) is 0 Å². The van der Waals surface area contributed by atoms with Gasteiger partial charge >= 0.3 is 126 Å². The summed E-state index contributed by atoms with van der Waals surface area (Å²) in [5.41, 5.74) is 2.09. The van der Waals surface area contributed by atoms with E-state index in [1.807, 2.05) is 24.3 Å². The quantitative estimate of drug-likeness (QED) is 0.659. The van der Waals surface area contributed by atoms with Crippen LogP contribution < -0.4 is 5.32 Å². The van der Waals surface area contributed by atoms with Gasteiger partial charge in [-0.3, -0.25) is 0 Å². The first-order chi connectivity index (χ1) is 10.2. The average Bonchev–Trinajstić information content (AvgIpc) is 2.96. The molecule has 0 aromatic heterocycles. The van der Waals surface area contributed by atoms with Crippen LogP contribution in [0.2, 0.25) is 0 Å². The number of hydrogen-bond acceptors (Lipinski definition) is 4. The minimum atomic E-state index is -0.930. The Kier molecular flexibility index (Phi) is 3.86. The molecule has 0 saturated heterocycles. The number of benzene rings is 1. The number of rotatable bonds is 3. The molecule has 21 heavy (non-hydrogen) atoms. The number of carboxylic acid groups (broad SMARTS) is 1. The third-order valence-electron chi connectivity index (χ3n) is 3.63. The molecule has 6 nitrogen and oxygen atoms in total. The molecule has 7 heteroatoms. The van der Waals surface area contributed by atoms with Crippen LogP contribution in [0.4, 0.5) is 17.1 Å². The zero-order valence-electron chi connectivity index (χ0n) is 11.0. The van der Waals surface area contributed by atoms with Crippen molar-refractivity contribution in [2.24, 2.45) is 19.8 Å². The van der Waals surface area contributed by atoms with E-state index in [4.69, 9.17) is 0 Å². The number of carboxylic acids is 1. The van der Waals surface area contributed by atoms with Crippen molar-refractivity contribution in [3.8, 4) is 0 Å². The van der Waals surface area contributed by atoms with Crippen molar-refractivity contribution in [2.75, 3.05) is 5.32 Å². The number of anilines is 1. The molecule has 1 heterocycles. The molecule has 1 aliphatic heterocycles. The summed E-state index contributed by atoms with van der Waals surface area (Å²) in [6, 6.07) is 5.43. The fraction of sp³-hybridized carbons (Fsp3) is 0.286. The Morgan fingerprint density at radius 1 is 1.19 bits per heavy atom. The van der Waals surface area contributed by atoms with Gasteiger partial charge in [0.25, 0.3) is 0 Å². The number of carbonyl (C=O) groups is 2. The number of aliphatic carboxylic acids is 1. The van der Waals surface area contributed by atoms with Gasteiger partial charge in [0.2, 0.25) is 0 Å². The molecule has 0 spiro atoms. The minimum absolute atomic E-state index is 0.166. The summed E-state index contributed by atoms with van der Waals surface area (Å²) in [5.74, 6) is -2.42. The fourth-order valence-electron chi connectivity index (χ4n) is 2.51. The Hall–Kier alpha value is -1.98. The molecule has 3 rings (SSSR count). The summed E-state index contributed by atoms with van der Waals surface area (Å²) in [6.45, 7) is 0. The van der Waals surface area contributed by atoms with Crippen molar-refractivity contribution in [2.45, 2.75) is 12.8 Å². The van der Waals surface area contributed by atoms with Gasteiger partial charge in [-0.1, -0.05) is 0 Å². The molecular weight excluding hydrogens is 337 g/mol. The Balaban J connectivity index is 1.81. The summed E-state index contributed by atoms with van der Waals surface area (Å²) >= 11 is -0.166. The number of nitrogens with one attached hydrogen (secondary N) is 1. The second-order valence-corrected chi connectivity index (χ2v) is 6.03. The number of carbonyl (C=O) groups excluding carboxylic acids is 1. The first kappa shape index (κ1) is 14.0. The van der Waals surface area contributed by atoms with Crippen LogP contribution in [0, 0.1) is 11.8 Å². The van der Waals surface area contributed by atoms with E-state index in [0.29, 0.717) is 24.2 Å². The summed E-state index contributed by atoms with van der Waals surface area (Å²) < 4.78 is 8.56. The van der Waals surface area contributed by atoms with Gasteiger partial charge < -0.3 is 0 Å². The van der Waals surface area contributed by atoms with Crippen LogP contribution in [0.1, 0.15) is 12.8 Å². The molecule has 2 N–H and O–H groups in total. The Morgan fingerprint density at radius 3 is 2.71 bits per heavy atom. The molecule has 2 aliphatic rings. The van der Waals surface area contributed by atoms with Crippen LogP contribution in [0.25, 0.3) is 0 Å². The molecule has 0 bridgehead atoms. The van der Waals surface area contributed by atoms with E-state index in [-0.39, 0.29) is 20.5 Å². The Morgan fingerprint density at radius 2 is 1.95 bits per heavy atom. The molecule has 1 aromatic rings. The zero-order valence-corrected chi connectivity index (χ0v) is 12.7. The summed E-state index contributed by atoms with van der Waals surface area (Å²) in [7, 11) is 0. The number of nitrogens with zero attached hydrogens (tertiary/aromatic N) is 2. The van der Waals surface area contributed by atoms with E-state index in [1.54, 1.807) is 6.07 Å². The number of allylic oxidation sites excluding steroid dienone is 2. The fourth-order valence-corrected chi connectivity index (χ4v) is 3.66. The van der Waals surface area contributed by atoms with Crippen LogP contribution in [-0.2, 0) is 9.59 Å². The third-order valence-corrected chi connectivity index (χ3v) is 4.77. The Labute approximate surface area is 127 Å². The number of fused-ring (bicyclic) bond motifs is 1. The molecule has 2 atom stereocenters. The monoisotopic (exact) mass is 351 g/mol. The van der Waals surface area contributed by atoms with Crippen LogP contribution in [0.15, 0.2) is 38.3 Å². The normalized spacial score (nSPS) is 22.5. The topological polar surface area (TPSA) is 91.1 Å². The van der Waals surface area contributed by atoms with Gasteiger partial charge in [0, 0.05) is 0 Å². The first-order valence-corrected chi connectivity index (χ1v) is 8.10.